The minimum absolute atomic E-state index is 0.0464. The molecule has 0 saturated carbocycles. The van der Waals surface area contributed by atoms with E-state index < -0.39 is 0 Å². The van der Waals surface area contributed by atoms with Crippen molar-refractivity contribution in [3.05, 3.63) is 36.0 Å². The Morgan fingerprint density at radius 2 is 2.32 bits per heavy atom. The third-order valence-electron chi connectivity index (χ3n) is 3.73. The van der Waals surface area contributed by atoms with Crippen molar-refractivity contribution in [3.8, 4) is 0 Å². The molecule has 22 heavy (non-hydrogen) atoms. The first kappa shape index (κ1) is 15.3. The summed E-state index contributed by atoms with van der Waals surface area (Å²) in [5.41, 5.74) is 1.96. The number of rotatable bonds is 5. The summed E-state index contributed by atoms with van der Waals surface area (Å²) in [6.45, 7) is 3.41. The Morgan fingerprint density at radius 3 is 3.14 bits per heavy atom. The van der Waals surface area contributed by atoms with Gasteiger partial charge in [-0.15, -0.1) is 11.8 Å². The molecule has 5 heteroatoms. The van der Waals surface area contributed by atoms with Gasteiger partial charge in [-0.05, 0) is 31.9 Å². The maximum absolute atomic E-state index is 12.0. The van der Waals surface area contributed by atoms with Crippen molar-refractivity contribution in [1.29, 1.82) is 0 Å². The van der Waals surface area contributed by atoms with Crippen molar-refractivity contribution in [2.45, 2.75) is 30.8 Å². The number of carbonyl (C=O) groups excluding carboxylic acids is 1. The standard InChI is InChI=1S/C17H20N2O2S/c1-12-7-8-13-4-2-6-15(17(13)19-12)22-11-16(20)18-10-14-5-3-9-21-14/h2,4,6-8,14H,3,5,9-11H2,1H3,(H,18,20)/t14-/m1/s1. The Balaban J connectivity index is 1.58. The lowest BCUT2D eigenvalue weighted by molar-refractivity contribution is -0.119. The van der Waals surface area contributed by atoms with E-state index in [2.05, 4.69) is 16.4 Å². The maximum atomic E-state index is 12.0. The molecule has 1 aromatic heterocycles. The van der Waals surface area contributed by atoms with Gasteiger partial charge in [0.25, 0.3) is 0 Å². The average Bonchev–Trinajstić information content (AvgIpc) is 3.04. The summed E-state index contributed by atoms with van der Waals surface area (Å²) in [7, 11) is 0. The molecule has 116 valence electrons. The lowest BCUT2D eigenvalue weighted by Gasteiger charge is -2.11. The zero-order valence-electron chi connectivity index (χ0n) is 12.7. The lowest BCUT2D eigenvalue weighted by Crippen LogP contribution is -2.32. The Hall–Kier alpha value is -1.59. The van der Waals surface area contributed by atoms with E-state index in [0.717, 1.165) is 40.9 Å². The fraction of sp³-hybridized carbons (Fsp3) is 0.412. The van der Waals surface area contributed by atoms with E-state index in [9.17, 15) is 4.79 Å². The van der Waals surface area contributed by atoms with Crippen molar-refractivity contribution in [2.24, 2.45) is 0 Å². The minimum atomic E-state index is 0.0464. The molecule has 2 heterocycles. The number of amides is 1. The van der Waals surface area contributed by atoms with Gasteiger partial charge in [-0.1, -0.05) is 18.2 Å². The normalized spacial score (nSPS) is 17.8. The first-order chi connectivity index (χ1) is 10.7. The second-order valence-corrected chi connectivity index (χ2v) is 6.53. The van der Waals surface area contributed by atoms with E-state index in [0.29, 0.717) is 12.3 Å². The summed E-state index contributed by atoms with van der Waals surface area (Å²) in [6.07, 6.45) is 2.33. The average molecular weight is 316 g/mol. The van der Waals surface area contributed by atoms with Crippen LogP contribution in [0.3, 0.4) is 0 Å². The molecular weight excluding hydrogens is 296 g/mol. The Bertz CT molecular complexity index is 669. The number of fused-ring (bicyclic) bond motifs is 1. The van der Waals surface area contributed by atoms with E-state index in [4.69, 9.17) is 4.74 Å². The topological polar surface area (TPSA) is 51.2 Å². The zero-order valence-corrected chi connectivity index (χ0v) is 13.5. The van der Waals surface area contributed by atoms with Gasteiger partial charge in [0.15, 0.2) is 0 Å². The molecule has 0 bridgehead atoms. The van der Waals surface area contributed by atoms with Crippen LogP contribution in [0.25, 0.3) is 10.9 Å². The van der Waals surface area contributed by atoms with E-state index in [1.807, 2.05) is 31.2 Å². The van der Waals surface area contributed by atoms with Crippen molar-refractivity contribution < 1.29 is 9.53 Å². The molecule has 1 fully saturated rings. The third kappa shape index (κ3) is 3.78. The highest BCUT2D eigenvalue weighted by molar-refractivity contribution is 8.00. The van der Waals surface area contributed by atoms with E-state index in [-0.39, 0.29) is 12.0 Å². The van der Waals surface area contributed by atoms with Gasteiger partial charge in [0.2, 0.25) is 5.91 Å². The predicted molar refractivity (Wildman–Crippen MR) is 89.2 cm³/mol. The summed E-state index contributed by atoms with van der Waals surface area (Å²) >= 11 is 1.53. The molecule has 1 N–H and O–H groups in total. The molecule has 3 rings (SSSR count). The number of thioether (sulfide) groups is 1. The number of aromatic nitrogens is 1. The minimum Gasteiger partial charge on any atom is -0.376 e. The van der Waals surface area contributed by atoms with Crippen LogP contribution in [0.4, 0.5) is 0 Å². The summed E-state index contributed by atoms with van der Waals surface area (Å²) in [5.74, 6) is 0.451. The summed E-state index contributed by atoms with van der Waals surface area (Å²) in [5, 5.41) is 4.06. The highest BCUT2D eigenvalue weighted by Gasteiger charge is 2.16. The molecule has 1 aliphatic heterocycles. The molecule has 0 unspecified atom stereocenters. The number of aryl methyl sites for hydroxylation is 1. The molecule has 0 spiro atoms. The second kappa shape index (κ2) is 7.11. The van der Waals surface area contributed by atoms with E-state index in [1.165, 1.54) is 11.8 Å². The summed E-state index contributed by atoms with van der Waals surface area (Å²) in [4.78, 5) is 17.6. The molecule has 2 aromatic rings. The summed E-state index contributed by atoms with van der Waals surface area (Å²) in [6, 6.07) is 10.1. The molecule has 1 aromatic carbocycles. The van der Waals surface area contributed by atoms with Crippen molar-refractivity contribution in [2.75, 3.05) is 18.9 Å². The van der Waals surface area contributed by atoms with Gasteiger partial charge < -0.3 is 10.1 Å². The third-order valence-corrected chi connectivity index (χ3v) is 4.78. The number of hydrogen-bond acceptors (Lipinski definition) is 4. The fourth-order valence-electron chi connectivity index (χ4n) is 2.56. The Morgan fingerprint density at radius 1 is 1.41 bits per heavy atom. The van der Waals surface area contributed by atoms with Crippen molar-refractivity contribution in [1.82, 2.24) is 10.3 Å². The monoisotopic (exact) mass is 316 g/mol. The fourth-order valence-corrected chi connectivity index (χ4v) is 3.42. The smallest absolute Gasteiger partial charge is 0.230 e. The van der Waals surface area contributed by atoms with Gasteiger partial charge in [0.1, 0.15) is 0 Å². The molecule has 1 atom stereocenters. The highest BCUT2D eigenvalue weighted by atomic mass is 32.2. The van der Waals surface area contributed by atoms with Gasteiger partial charge >= 0.3 is 0 Å². The van der Waals surface area contributed by atoms with Crippen LogP contribution in [-0.2, 0) is 9.53 Å². The van der Waals surface area contributed by atoms with Crippen molar-refractivity contribution in [3.63, 3.8) is 0 Å². The zero-order chi connectivity index (χ0) is 15.4. The van der Waals surface area contributed by atoms with Crippen molar-refractivity contribution >= 4 is 28.6 Å². The van der Waals surface area contributed by atoms with E-state index in [1.54, 1.807) is 0 Å². The number of para-hydroxylation sites is 1. The molecule has 0 aliphatic carbocycles. The van der Waals surface area contributed by atoms with Crippen LogP contribution < -0.4 is 5.32 Å². The van der Waals surface area contributed by atoms with Gasteiger partial charge in [0.05, 0.1) is 17.4 Å². The summed E-state index contributed by atoms with van der Waals surface area (Å²) < 4.78 is 5.51. The molecule has 1 aliphatic rings. The number of hydrogen-bond donors (Lipinski definition) is 1. The Labute approximate surface area is 134 Å². The second-order valence-electron chi connectivity index (χ2n) is 5.51. The Kier molecular flexibility index (Phi) is 4.95. The van der Waals surface area contributed by atoms with Crippen LogP contribution in [-0.4, -0.2) is 35.9 Å². The van der Waals surface area contributed by atoms with Crippen LogP contribution >= 0.6 is 11.8 Å². The van der Waals surface area contributed by atoms with Crippen LogP contribution in [0.15, 0.2) is 35.2 Å². The first-order valence-electron chi connectivity index (χ1n) is 7.60. The van der Waals surface area contributed by atoms with Gasteiger partial charge in [-0.3, -0.25) is 9.78 Å². The molecule has 1 amide bonds. The predicted octanol–water partition coefficient (Wildman–Crippen LogP) is 2.93. The largest absolute Gasteiger partial charge is 0.376 e. The van der Waals surface area contributed by atoms with Gasteiger partial charge in [-0.2, -0.15) is 0 Å². The van der Waals surface area contributed by atoms with E-state index >= 15 is 0 Å². The quantitative estimate of drug-likeness (QED) is 0.862. The number of nitrogens with one attached hydrogen (secondary N) is 1. The maximum Gasteiger partial charge on any atom is 0.230 e. The van der Waals surface area contributed by atoms with Crippen LogP contribution in [0.5, 0.6) is 0 Å². The number of benzene rings is 1. The number of carbonyl (C=O) groups is 1. The molecule has 0 radical (unpaired) electrons. The molecular formula is C17H20N2O2S. The first-order valence-corrected chi connectivity index (χ1v) is 8.58. The number of pyridine rings is 1. The molecule has 1 saturated heterocycles. The van der Waals surface area contributed by atoms with Gasteiger partial charge in [0, 0.05) is 29.1 Å². The number of nitrogens with zero attached hydrogens (tertiary/aromatic N) is 1. The lowest BCUT2D eigenvalue weighted by atomic mass is 10.2. The van der Waals surface area contributed by atoms with Crippen LogP contribution in [0, 0.1) is 6.92 Å². The number of ether oxygens (including phenoxy) is 1. The van der Waals surface area contributed by atoms with Gasteiger partial charge in [-0.25, -0.2) is 0 Å². The SMILES string of the molecule is Cc1ccc2cccc(SCC(=O)NC[C@H]3CCCO3)c2n1. The van der Waals surface area contributed by atoms with Crippen LogP contribution in [0.2, 0.25) is 0 Å². The van der Waals surface area contributed by atoms with Crippen LogP contribution in [0.1, 0.15) is 18.5 Å². The highest BCUT2D eigenvalue weighted by Crippen LogP contribution is 2.26. The molecule has 4 nitrogen and oxygen atoms in total.